The van der Waals surface area contributed by atoms with E-state index in [0.29, 0.717) is 27.9 Å². The average Bonchev–Trinajstić information content (AvgIpc) is 3.30. The van der Waals surface area contributed by atoms with Gasteiger partial charge >= 0.3 is 0 Å². The Kier molecular flexibility index (Phi) is 6.54. The lowest BCUT2D eigenvalue weighted by atomic mass is 9.89. The Morgan fingerprint density at radius 3 is 2.51 bits per heavy atom. The number of carbonyl (C=O) groups excluding carboxylic acids is 1. The van der Waals surface area contributed by atoms with Gasteiger partial charge in [-0.1, -0.05) is 84.2 Å². The van der Waals surface area contributed by atoms with Gasteiger partial charge in [0.15, 0.2) is 0 Å². The molecule has 5 rings (SSSR count). The molecule has 0 bridgehead atoms. The molecule has 0 radical (unpaired) electrons. The molecule has 3 aromatic carbocycles. The highest BCUT2D eigenvalue weighted by molar-refractivity contribution is 6.42. The largest absolute Gasteiger partial charge is 0.273 e. The fourth-order valence-electron chi connectivity index (χ4n) is 4.69. The van der Waals surface area contributed by atoms with Crippen molar-refractivity contribution in [2.45, 2.75) is 32.7 Å². The smallest absolute Gasteiger partial charge is 0.242 e. The zero-order valence-electron chi connectivity index (χ0n) is 19.2. The molecule has 1 aromatic heterocycles. The molecule has 2 heterocycles. The predicted octanol–water partition coefficient (Wildman–Crippen LogP) is 8.26. The molecule has 7 heteroatoms. The van der Waals surface area contributed by atoms with Crippen LogP contribution in [0.5, 0.6) is 0 Å². The first kappa shape index (κ1) is 23.8. The summed E-state index contributed by atoms with van der Waals surface area (Å²) >= 11 is 19.3. The molecule has 0 saturated carbocycles. The number of fused-ring (bicyclic) bond motifs is 1. The highest BCUT2D eigenvalue weighted by Crippen LogP contribution is 2.42. The maximum Gasteiger partial charge on any atom is 0.242 e. The first-order chi connectivity index (χ1) is 16.9. The zero-order valence-corrected chi connectivity index (χ0v) is 21.5. The minimum absolute atomic E-state index is 0.0863. The van der Waals surface area contributed by atoms with Crippen molar-refractivity contribution in [2.24, 2.45) is 5.10 Å². The molecule has 0 aliphatic carbocycles. The number of hydrogen-bond donors (Lipinski definition) is 0. The Hall–Kier alpha value is -2.92. The average molecular weight is 523 g/mol. The van der Waals surface area contributed by atoms with Crippen LogP contribution in [-0.2, 0) is 4.79 Å². The van der Waals surface area contributed by atoms with E-state index in [1.807, 2.05) is 62.4 Å². The summed E-state index contributed by atoms with van der Waals surface area (Å²) in [5.41, 5.74) is 6.16. The number of aromatic nitrogens is 1. The maximum atomic E-state index is 13.0. The Balaban J connectivity index is 1.75. The van der Waals surface area contributed by atoms with Crippen molar-refractivity contribution in [1.82, 2.24) is 9.99 Å². The van der Waals surface area contributed by atoms with Crippen molar-refractivity contribution in [1.29, 1.82) is 0 Å². The van der Waals surface area contributed by atoms with Gasteiger partial charge in [-0.2, -0.15) is 5.10 Å². The van der Waals surface area contributed by atoms with Gasteiger partial charge in [0.2, 0.25) is 5.91 Å². The molecule has 0 spiro atoms. The number of rotatable bonds is 4. The van der Waals surface area contributed by atoms with E-state index in [1.165, 1.54) is 0 Å². The third-order valence-corrected chi connectivity index (χ3v) is 7.36. The van der Waals surface area contributed by atoms with E-state index < -0.39 is 0 Å². The van der Waals surface area contributed by atoms with Gasteiger partial charge in [0, 0.05) is 40.1 Å². The molecule has 4 aromatic rings. The van der Waals surface area contributed by atoms with Gasteiger partial charge in [0.05, 0.1) is 27.3 Å². The second kappa shape index (κ2) is 9.62. The van der Waals surface area contributed by atoms with Gasteiger partial charge in [-0.05, 0) is 42.3 Å². The number of benzene rings is 3. The van der Waals surface area contributed by atoms with Crippen molar-refractivity contribution in [3.8, 4) is 11.1 Å². The molecule has 1 aliphatic heterocycles. The number of aryl methyl sites for hydroxylation is 1. The summed E-state index contributed by atoms with van der Waals surface area (Å²) in [4.78, 5) is 17.9. The van der Waals surface area contributed by atoms with Crippen LogP contribution in [0.25, 0.3) is 22.0 Å². The van der Waals surface area contributed by atoms with Crippen LogP contribution in [0.4, 0.5) is 0 Å². The van der Waals surface area contributed by atoms with Crippen molar-refractivity contribution in [3.63, 3.8) is 0 Å². The molecule has 1 amide bonds. The Bertz CT molecular complexity index is 1480. The van der Waals surface area contributed by atoms with Crippen molar-refractivity contribution < 1.29 is 4.79 Å². The standard InChI is InChI=1S/C28H22Cl3N3O/c1-3-25(35)34-24(19-10-7-11-21(30)28(19)31)15-23(33-34)26-16(2)32-22-13-12-18(29)14-20(22)27(26)17-8-5-4-6-9-17/h4-14,24H,3,15H2,1-2H3/t24-/m0/s1. The SMILES string of the molecule is CCC(=O)N1N=C(c2c(C)nc3ccc(Cl)cc3c2-c2ccccc2)C[C@H]1c1cccc(Cl)c1Cl. The van der Waals surface area contributed by atoms with Crippen molar-refractivity contribution in [3.05, 3.63) is 98.6 Å². The lowest BCUT2D eigenvalue weighted by molar-refractivity contribution is -0.132. The molecule has 1 atom stereocenters. The molecule has 0 saturated heterocycles. The first-order valence-corrected chi connectivity index (χ1v) is 12.5. The third kappa shape index (κ3) is 4.31. The maximum absolute atomic E-state index is 13.0. The van der Waals surface area contributed by atoms with Gasteiger partial charge in [0.25, 0.3) is 0 Å². The van der Waals surface area contributed by atoms with E-state index in [-0.39, 0.29) is 11.9 Å². The lowest BCUT2D eigenvalue weighted by Crippen LogP contribution is -2.26. The fourth-order valence-corrected chi connectivity index (χ4v) is 5.30. The Morgan fingerprint density at radius 2 is 1.77 bits per heavy atom. The monoisotopic (exact) mass is 521 g/mol. The number of hydrogen-bond acceptors (Lipinski definition) is 3. The number of pyridine rings is 1. The molecular weight excluding hydrogens is 501 g/mol. The molecular formula is C28H22Cl3N3O. The van der Waals surface area contributed by atoms with Crippen molar-refractivity contribution in [2.75, 3.05) is 0 Å². The summed E-state index contributed by atoms with van der Waals surface area (Å²) < 4.78 is 0. The highest BCUT2D eigenvalue weighted by atomic mass is 35.5. The van der Waals surface area contributed by atoms with Crippen LogP contribution >= 0.6 is 34.8 Å². The minimum atomic E-state index is -0.360. The quantitative estimate of drug-likeness (QED) is 0.271. The summed E-state index contributed by atoms with van der Waals surface area (Å²) in [5, 5.41) is 8.86. The Labute approximate surface area is 219 Å². The van der Waals surface area contributed by atoms with Gasteiger partial charge in [-0.3, -0.25) is 9.78 Å². The molecule has 0 N–H and O–H groups in total. The van der Waals surface area contributed by atoms with Crippen LogP contribution in [0, 0.1) is 6.92 Å². The molecule has 4 nitrogen and oxygen atoms in total. The van der Waals surface area contributed by atoms with E-state index in [1.54, 1.807) is 11.1 Å². The van der Waals surface area contributed by atoms with Crippen LogP contribution in [0.3, 0.4) is 0 Å². The van der Waals surface area contributed by atoms with Crippen LogP contribution < -0.4 is 0 Å². The Morgan fingerprint density at radius 1 is 1.00 bits per heavy atom. The van der Waals surface area contributed by atoms with Crippen LogP contribution in [0.2, 0.25) is 15.1 Å². The highest BCUT2D eigenvalue weighted by Gasteiger charge is 2.35. The first-order valence-electron chi connectivity index (χ1n) is 11.4. The van der Waals surface area contributed by atoms with E-state index in [0.717, 1.165) is 44.6 Å². The molecule has 0 fully saturated rings. The van der Waals surface area contributed by atoms with E-state index in [9.17, 15) is 4.79 Å². The summed E-state index contributed by atoms with van der Waals surface area (Å²) in [6.45, 7) is 3.80. The molecule has 1 aliphatic rings. The summed E-state index contributed by atoms with van der Waals surface area (Å²) in [5.74, 6) is -0.0863. The zero-order chi connectivity index (χ0) is 24.7. The van der Waals surface area contributed by atoms with Gasteiger partial charge < -0.3 is 0 Å². The number of nitrogens with zero attached hydrogens (tertiary/aromatic N) is 3. The number of amides is 1. The van der Waals surface area contributed by atoms with E-state index >= 15 is 0 Å². The number of carbonyl (C=O) groups is 1. The predicted molar refractivity (Wildman–Crippen MR) is 144 cm³/mol. The van der Waals surface area contributed by atoms with Crippen LogP contribution in [0.1, 0.15) is 42.6 Å². The van der Waals surface area contributed by atoms with Crippen LogP contribution in [0.15, 0.2) is 71.8 Å². The third-order valence-electron chi connectivity index (χ3n) is 6.29. The summed E-state index contributed by atoms with van der Waals surface area (Å²) in [7, 11) is 0. The molecule has 176 valence electrons. The topological polar surface area (TPSA) is 45.6 Å². The summed E-state index contributed by atoms with van der Waals surface area (Å²) in [6.07, 6.45) is 0.807. The normalized spacial score (nSPS) is 15.5. The van der Waals surface area contributed by atoms with E-state index in [2.05, 4.69) is 12.1 Å². The molecule has 35 heavy (non-hydrogen) atoms. The molecule has 0 unspecified atom stereocenters. The van der Waals surface area contributed by atoms with Crippen LogP contribution in [-0.4, -0.2) is 21.6 Å². The minimum Gasteiger partial charge on any atom is -0.273 e. The van der Waals surface area contributed by atoms with Gasteiger partial charge in [-0.25, -0.2) is 5.01 Å². The van der Waals surface area contributed by atoms with Crippen molar-refractivity contribution >= 4 is 57.3 Å². The second-order valence-corrected chi connectivity index (χ2v) is 9.70. The lowest BCUT2D eigenvalue weighted by Gasteiger charge is -2.22. The van der Waals surface area contributed by atoms with Gasteiger partial charge in [-0.15, -0.1) is 0 Å². The van der Waals surface area contributed by atoms with Gasteiger partial charge in [0.1, 0.15) is 0 Å². The fraction of sp³-hybridized carbons (Fsp3) is 0.179. The summed E-state index contributed by atoms with van der Waals surface area (Å²) in [6, 6.07) is 21.0. The number of halogens is 3. The number of hydrazone groups is 1. The van der Waals surface area contributed by atoms with E-state index in [4.69, 9.17) is 44.9 Å². The second-order valence-electron chi connectivity index (χ2n) is 8.48.